The van der Waals surface area contributed by atoms with E-state index in [9.17, 15) is 0 Å². The number of hydrogen-bond acceptors (Lipinski definition) is 2. The number of fused-ring (bicyclic) bond motifs is 3. The molecule has 3 heteroatoms. The SMILES string of the molecule is c1ccc(-c2c(-c3ccccc3)n(-c3ccccc3)c3c2cc(-c2ccc(N(c4ccccc4)c4ccc(-c5ccc(N(c6ccccc6)c6ccc(C(c7ccccc7)c7ccccc7)cc6)cc5)cc4)cc2)c2ccccc23)cc1. The molecule has 388 valence electrons. The zero-order chi connectivity index (χ0) is 54.6. The third kappa shape index (κ3) is 9.51. The van der Waals surface area contributed by atoms with Crippen molar-refractivity contribution in [1.29, 1.82) is 0 Å². The summed E-state index contributed by atoms with van der Waals surface area (Å²) >= 11 is 0. The van der Waals surface area contributed by atoms with E-state index in [2.05, 4.69) is 354 Å². The van der Waals surface area contributed by atoms with Crippen molar-refractivity contribution in [3.63, 3.8) is 0 Å². The van der Waals surface area contributed by atoms with Crippen molar-refractivity contribution in [2.75, 3.05) is 9.80 Å². The maximum atomic E-state index is 2.48. The summed E-state index contributed by atoms with van der Waals surface area (Å²) in [5.74, 6) is 0.130. The molecule has 82 heavy (non-hydrogen) atoms. The Labute approximate surface area is 480 Å². The molecular weight excluding hydrogens is 991 g/mol. The number of anilines is 6. The summed E-state index contributed by atoms with van der Waals surface area (Å²) in [6.07, 6.45) is 0. The van der Waals surface area contributed by atoms with Gasteiger partial charge in [0.15, 0.2) is 0 Å². The third-order valence-electron chi connectivity index (χ3n) is 15.9. The molecule has 0 aliphatic rings. The first-order valence-electron chi connectivity index (χ1n) is 28.2. The van der Waals surface area contributed by atoms with Gasteiger partial charge >= 0.3 is 0 Å². The average Bonchev–Trinajstić information content (AvgIpc) is 2.78. The van der Waals surface area contributed by atoms with Crippen molar-refractivity contribution >= 4 is 55.8 Å². The zero-order valence-corrected chi connectivity index (χ0v) is 45.3. The third-order valence-corrected chi connectivity index (χ3v) is 15.9. The van der Waals surface area contributed by atoms with Crippen molar-refractivity contribution in [3.8, 4) is 50.3 Å². The molecule has 0 aliphatic heterocycles. The maximum absolute atomic E-state index is 2.48. The van der Waals surface area contributed by atoms with E-state index in [0.717, 1.165) is 56.5 Å². The predicted molar refractivity (Wildman–Crippen MR) is 346 cm³/mol. The fourth-order valence-electron chi connectivity index (χ4n) is 12.1. The molecule has 0 unspecified atom stereocenters. The molecule has 0 saturated carbocycles. The Kier molecular flexibility index (Phi) is 13.4. The van der Waals surface area contributed by atoms with Crippen LogP contribution in [0.15, 0.2) is 340 Å². The van der Waals surface area contributed by atoms with Gasteiger partial charge in [0.1, 0.15) is 0 Å². The van der Waals surface area contributed by atoms with E-state index in [1.54, 1.807) is 0 Å². The molecule has 0 saturated heterocycles. The van der Waals surface area contributed by atoms with E-state index in [4.69, 9.17) is 0 Å². The number of para-hydroxylation sites is 3. The van der Waals surface area contributed by atoms with Crippen LogP contribution in [0.25, 0.3) is 72.0 Å². The first-order valence-corrected chi connectivity index (χ1v) is 28.2. The molecule has 0 spiro atoms. The molecule has 14 aromatic rings. The summed E-state index contributed by atoms with van der Waals surface area (Å²) in [4.78, 5) is 4.69. The summed E-state index contributed by atoms with van der Waals surface area (Å²) in [6.45, 7) is 0. The van der Waals surface area contributed by atoms with Gasteiger partial charge in [-0.05, 0) is 146 Å². The van der Waals surface area contributed by atoms with Gasteiger partial charge in [-0.15, -0.1) is 0 Å². The van der Waals surface area contributed by atoms with Gasteiger partial charge in [-0.25, -0.2) is 0 Å². The van der Waals surface area contributed by atoms with Crippen LogP contribution in [-0.4, -0.2) is 4.57 Å². The van der Waals surface area contributed by atoms with E-state index in [1.807, 2.05) is 0 Å². The monoisotopic (exact) mass is 1050 g/mol. The lowest BCUT2D eigenvalue weighted by molar-refractivity contribution is 0.977. The molecular formula is C79H57N3. The Hall–Kier alpha value is -10.7. The lowest BCUT2D eigenvalue weighted by Crippen LogP contribution is -2.10. The van der Waals surface area contributed by atoms with Crippen LogP contribution in [0.4, 0.5) is 34.1 Å². The van der Waals surface area contributed by atoms with E-state index < -0.39 is 0 Å². The minimum atomic E-state index is 0.130. The van der Waals surface area contributed by atoms with Gasteiger partial charge in [0.2, 0.25) is 0 Å². The highest BCUT2D eigenvalue weighted by Gasteiger charge is 2.25. The van der Waals surface area contributed by atoms with E-state index in [0.29, 0.717) is 0 Å². The first kappa shape index (κ1) is 49.5. The Morgan fingerprint density at radius 2 is 0.585 bits per heavy atom. The predicted octanol–water partition coefficient (Wildman–Crippen LogP) is 21.6. The van der Waals surface area contributed by atoms with Gasteiger partial charge in [-0.1, -0.05) is 249 Å². The molecule has 0 radical (unpaired) electrons. The first-order chi connectivity index (χ1) is 40.7. The Morgan fingerprint density at radius 1 is 0.244 bits per heavy atom. The molecule has 0 amide bonds. The van der Waals surface area contributed by atoms with Crippen molar-refractivity contribution < 1.29 is 0 Å². The van der Waals surface area contributed by atoms with Crippen molar-refractivity contribution in [1.82, 2.24) is 4.57 Å². The normalized spacial score (nSPS) is 11.3. The van der Waals surface area contributed by atoms with Gasteiger partial charge in [-0.2, -0.15) is 0 Å². The molecule has 3 nitrogen and oxygen atoms in total. The van der Waals surface area contributed by atoms with Crippen molar-refractivity contribution in [3.05, 3.63) is 356 Å². The quantitative estimate of drug-likeness (QED) is 0.101. The van der Waals surface area contributed by atoms with Crippen LogP contribution in [0.3, 0.4) is 0 Å². The average molecular weight is 1050 g/mol. The zero-order valence-electron chi connectivity index (χ0n) is 45.3. The van der Waals surface area contributed by atoms with Crippen LogP contribution < -0.4 is 9.80 Å². The standard InChI is InChI=1S/C79H57N3/c1-8-24-60(25-9-1)76(61-26-10-2-11-27-61)63-46-54-71(55-47-63)81(66-34-18-6-19-35-66)69-50-42-58(43-51-69)57-40-48-68(49-41-57)80(65-32-16-5-17-33-65)70-52-44-59(45-53-70)74-56-75-77(62-28-12-3-13-29-62)78(64-30-14-4-15-31-64)82(67-36-20-7-21-37-67)79(75)73-39-23-22-38-72(73)74/h1-56,76H. The topological polar surface area (TPSA) is 11.4 Å². The van der Waals surface area contributed by atoms with E-state index in [-0.39, 0.29) is 5.92 Å². The van der Waals surface area contributed by atoms with Crippen molar-refractivity contribution in [2.45, 2.75) is 5.92 Å². The summed E-state index contributed by atoms with van der Waals surface area (Å²) < 4.78 is 2.48. The van der Waals surface area contributed by atoms with Crippen LogP contribution in [0.2, 0.25) is 0 Å². The van der Waals surface area contributed by atoms with Gasteiger partial charge in [0.25, 0.3) is 0 Å². The minimum absolute atomic E-state index is 0.130. The van der Waals surface area contributed by atoms with Crippen LogP contribution in [0.5, 0.6) is 0 Å². The number of benzene rings is 13. The Bertz CT molecular complexity index is 4380. The molecule has 0 atom stereocenters. The largest absolute Gasteiger partial charge is 0.311 e. The number of nitrogens with zero attached hydrogens (tertiary/aromatic N) is 3. The minimum Gasteiger partial charge on any atom is -0.311 e. The Morgan fingerprint density at radius 3 is 1.05 bits per heavy atom. The van der Waals surface area contributed by atoms with Gasteiger partial charge < -0.3 is 14.4 Å². The molecule has 0 N–H and O–H groups in total. The molecule has 0 bridgehead atoms. The second-order valence-electron chi connectivity index (χ2n) is 20.8. The molecule has 1 heterocycles. The van der Waals surface area contributed by atoms with E-state index >= 15 is 0 Å². The number of rotatable bonds is 14. The second-order valence-corrected chi connectivity index (χ2v) is 20.8. The maximum Gasteiger partial charge on any atom is 0.0620 e. The number of hydrogen-bond donors (Lipinski definition) is 0. The van der Waals surface area contributed by atoms with Crippen molar-refractivity contribution in [2.24, 2.45) is 0 Å². The molecule has 0 aliphatic carbocycles. The highest BCUT2D eigenvalue weighted by Crippen LogP contribution is 2.48. The van der Waals surface area contributed by atoms with Crippen LogP contribution in [-0.2, 0) is 0 Å². The molecule has 1 aromatic heterocycles. The second kappa shape index (κ2) is 22.2. The highest BCUT2D eigenvalue weighted by molar-refractivity contribution is 6.20. The summed E-state index contributed by atoms with van der Waals surface area (Å²) in [5, 5.41) is 3.62. The van der Waals surface area contributed by atoms with Crippen LogP contribution >= 0.6 is 0 Å². The lowest BCUT2D eigenvalue weighted by atomic mass is 9.85. The van der Waals surface area contributed by atoms with E-state index in [1.165, 1.54) is 66.3 Å². The van der Waals surface area contributed by atoms with Gasteiger partial charge in [-0.3, -0.25) is 0 Å². The smallest absolute Gasteiger partial charge is 0.0620 e. The van der Waals surface area contributed by atoms with Gasteiger partial charge in [0, 0.05) is 62.1 Å². The van der Waals surface area contributed by atoms with Gasteiger partial charge in [0.05, 0.1) is 11.2 Å². The summed E-state index contributed by atoms with van der Waals surface area (Å²) in [7, 11) is 0. The Balaban J connectivity index is 0.799. The fraction of sp³-hybridized carbons (Fsp3) is 0.0127. The fourth-order valence-corrected chi connectivity index (χ4v) is 12.1. The lowest BCUT2D eigenvalue weighted by Gasteiger charge is -2.27. The summed E-state index contributed by atoms with van der Waals surface area (Å²) in [5.41, 5.74) is 22.1. The summed E-state index contributed by atoms with van der Waals surface area (Å²) in [6, 6.07) is 123. The number of aromatic nitrogens is 1. The molecule has 14 rings (SSSR count). The van der Waals surface area contributed by atoms with Crippen LogP contribution in [0.1, 0.15) is 22.6 Å². The molecule has 0 fully saturated rings. The molecule has 13 aromatic carbocycles. The highest BCUT2D eigenvalue weighted by atomic mass is 15.1. The van der Waals surface area contributed by atoms with Crippen LogP contribution in [0, 0.1) is 0 Å².